The van der Waals surface area contributed by atoms with Crippen LogP contribution in [-0.2, 0) is 19.6 Å². The number of aliphatic carboxylic acids is 2. The molecule has 0 bridgehead atoms. The molecule has 116 valence electrons. The Balaban J connectivity index is 3.10. The molecule has 2 atom stereocenters. The average Bonchev–Trinajstić information content (AvgIpc) is 2.38. The molecule has 7 nitrogen and oxygen atoms in total. The monoisotopic (exact) mass is 315 g/mol. The van der Waals surface area contributed by atoms with Crippen LogP contribution < -0.4 is 4.72 Å². The molecular weight excluding hydrogens is 298 g/mol. The number of benzene rings is 1. The van der Waals surface area contributed by atoms with Crippen LogP contribution in [0.25, 0.3) is 0 Å². The first-order valence-electron chi connectivity index (χ1n) is 6.23. The summed E-state index contributed by atoms with van der Waals surface area (Å²) >= 11 is 0. The van der Waals surface area contributed by atoms with Crippen LogP contribution in [0.3, 0.4) is 0 Å². The number of nitrogens with one attached hydrogen (secondary N) is 1. The fraction of sp³-hybridized carbons (Fsp3) is 0.385. The summed E-state index contributed by atoms with van der Waals surface area (Å²) in [6.45, 7) is 3.26. The fourth-order valence-corrected chi connectivity index (χ4v) is 3.04. The van der Waals surface area contributed by atoms with E-state index < -0.39 is 33.9 Å². The van der Waals surface area contributed by atoms with Crippen molar-refractivity contribution in [1.29, 1.82) is 0 Å². The molecule has 0 fully saturated rings. The normalized spacial score (nSPS) is 14.4. The molecule has 0 aliphatic heterocycles. The zero-order chi connectivity index (χ0) is 16.2. The van der Waals surface area contributed by atoms with Crippen molar-refractivity contribution in [2.45, 2.75) is 31.2 Å². The Hall–Kier alpha value is -1.93. The zero-order valence-electron chi connectivity index (χ0n) is 11.6. The van der Waals surface area contributed by atoms with Gasteiger partial charge in [-0.15, -0.1) is 0 Å². The van der Waals surface area contributed by atoms with Crippen molar-refractivity contribution in [3.63, 3.8) is 0 Å². The highest BCUT2D eigenvalue weighted by Gasteiger charge is 2.36. The lowest BCUT2D eigenvalue weighted by Crippen LogP contribution is -2.48. The first-order valence-corrected chi connectivity index (χ1v) is 7.72. The van der Waals surface area contributed by atoms with Gasteiger partial charge in [0.1, 0.15) is 6.04 Å². The van der Waals surface area contributed by atoms with E-state index in [-0.39, 0.29) is 11.3 Å². The van der Waals surface area contributed by atoms with Gasteiger partial charge in [0.15, 0.2) is 0 Å². The second-order valence-corrected chi connectivity index (χ2v) is 6.32. The van der Waals surface area contributed by atoms with Crippen molar-refractivity contribution in [3.05, 3.63) is 29.8 Å². The van der Waals surface area contributed by atoms with E-state index in [0.717, 1.165) is 5.56 Å². The van der Waals surface area contributed by atoms with E-state index in [9.17, 15) is 18.0 Å². The van der Waals surface area contributed by atoms with Gasteiger partial charge in [0, 0.05) is 0 Å². The van der Waals surface area contributed by atoms with E-state index in [1.165, 1.54) is 19.1 Å². The second kappa shape index (κ2) is 6.68. The molecule has 0 aliphatic carbocycles. The summed E-state index contributed by atoms with van der Waals surface area (Å²) in [7, 11) is -4.10. The largest absolute Gasteiger partial charge is 0.481 e. The molecule has 0 unspecified atom stereocenters. The number of carbonyl (C=O) groups is 2. The first kappa shape index (κ1) is 17.1. The molecule has 0 spiro atoms. The van der Waals surface area contributed by atoms with Crippen molar-refractivity contribution in [2.75, 3.05) is 0 Å². The average molecular weight is 315 g/mol. The Kier molecular flexibility index (Phi) is 5.45. The van der Waals surface area contributed by atoms with Gasteiger partial charge in [0.25, 0.3) is 0 Å². The van der Waals surface area contributed by atoms with Gasteiger partial charge in [-0.1, -0.05) is 24.6 Å². The molecule has 0 heterocycles. The SMILES string of the molecule is CC[C@@H](C(=O)O)[C@H](NS(=O)(=O)c1ccc(C)cc1)C(=O)O. The summed E-state index contributed by atoms with van der Waals surface area (Å²) in [5, 5.41) is 18.1. The van der Waals surface area contributed by atoms with E-state index >= 15 is 0 Å². The van der Waals surface area contributed by atoms with E-state index in [2.05, 4.69) is 0 Å². The van der Waals surface area contributed by atoms with E-state index in [0.29, 0.717) is 0 Å². The minimum atomic E-state index is -4.10. The van der Waals surface area contributed by atoms with Crippen LogP contribution in [-0.4, -0.2) is 36.6 Å². The van der Waals surface area contributed by atoms with E-state index in [4.69, 9.17) is 10.2 Å². The highest BCUT2D eigenvalue weighted by molar-refractivity contribution is 7.89. The summed E-state index contributed by atoms with van der Waals surface area (Å²) in [5.74, 6) is -4.24. The maximum Gasteiger partial charge on any atom is 0.322 e. The Labute approximate surface area is 122 Å². The van der Waals surface area contributed by atoms with Gasteiger partial charge in [-0.05, 0) is 25.5 Å². The van der Waals surface area contributed by atoms with Crippen molar-refractivity contribution >= 4 is 22.0 Å². The maximum absolute atomic E-state index is 12.1. The summed E-state index contributed by atoms with van der Waals surface area (Å²) in [4.78, 5) is 22.1. The Morgan fingerprint density at radius 3 is 2.05 bits per heavy atom. The molecular formula is C13H17NO6S. The molecule has 0 saturated carbocycles. The van der Waals surface area contributed by atoms with Gasteiger partial charge in [0.2, 0.25) is 10.0 Å². The molecule has 8 heteroatoms. The lowest BCUT2D eigenvalue weighted by molar-refractivity contribution is -0.150. The number of aryl methyl sites for hydroxylation is 1. The number of rotatable bonds is 7. The van der Waals surface area contributed by atoms with E-state index in [1.807, 2.05) is 4.72 Å². The molecule has 0 aliphatic rings. The lowest BCUT2D eigenvalue weighted by Gasteiger charge is -2.20. The lowest BCUT2D eigenvalue weighted by atomic mass is 9.98. The molecule has 1 aromatic carbocycles. The molecule has 21 heavy (non-hydrogen) atoms. The Morgan fingerprint density at radius 1 is 1.14 bits per heavy atom. The minimum absolute atomic E-state index is 0.0112. The molecule has 1 aromatic rings. The predicted molar refractivity (Wildman–Crippen MR) is 74.3 cm³/mol. The second-order valence-electron chi connectivity index (χ2n) is 4.60. The summed E-state index contributed by atoms with van der Waals surface area (Å²) < 4.78 is 26.2. The quantitative estimate of drug-likeness (QED) is 0.685. The van der Waals surface area contributed by atoms with Crippen LogP contribution in [0.2, 0.25) is 0 Å². The predicted octanol–water partition coefficient (Wildman–Crippen LogP) is 0.837. The Bertz CT molecular complexity index is 623. The third-order valence-corrected chi connectivity index (χ3v) is 4.50. The zero-order valence-corrected chi connectivity index (χ0v) is 12.4. The number of carboxylic acid groups (broad SMARTS) is 2. The maximum atomic E-state index is 12.1. The van der Waals surface area contributed by atoms with Crippen LogP contribution >= 0.6 is 0 Å². The smallest absolute Gasteiger partial charge is 0.322 e. The Morgan fingerprint density at radius 2 is 1.67 bits per heavy atom. The summed E-state index contributed by atoms with van der Waals surface area (Å²) in [6, 6.07) is 4.08. The minimum Gasteiger partial charge on any atom is -0.481 e. The van der Waals surface area contributed by atoms with Crippen LogP contribution in [0.4, 0.5) is 0 Å². The molecule has 0 radical (unpaired) electrons. The van der Waals surface area contributed by atoms with Gasteiger partial charge in [-0.2, -0.15) is 4.72 Å². The standard InChI is InChI=1S/C13H17NO6S/c1-3-10(12(15)16)11(13(17)18)14-21(19,20)9-6-4-8(2)5-7-9/h4-7,10-11,14H,3H2,1-2H3,(H,15,16)(H,17,18)/t10-,11+/m1/s1. The van der Waals surface area contributed by atoms with Crippen LogP contribution in [0.1, 0.15) is 18.9 Å². The third-order valence-electron chi connectivity index (χ3n) is 3.04. The molecule has 0 saturated heterocycles. The van der Waals surface area contributed by atoms with Gasteiger partial charge in [-0.25, -0.2) is 8.42 Å². The highest BCUT2D eigenvalue weighted by Crippen LogP contribution is 2.15. The fourth-order valence-electron chi connectivity index (χ4n) is 1.81. The molecule has 0 aromatic heterocycles. The highest BCUT2D eigenvalue weighted by atomic mass is 32.2. The van der Waals surface area contributed by atoms with Crippen molar-refractivity contribution < 1.29 is 28.2 Å². The van der Waals surface area contributed by atoms with Crippen molar-refractivity contribution in [1.82, 2.24) is 4.72 Å². The van der Waals surface area contributed by atoms with Crippen molar-refractivity contribution in [3.8, 4) is 0 Å². The van der Waals surface area contributed by atoms with Crippen LogP contribution in [0.15, 0.2) is 29.2 Å². The van der Waals surface area contributed by atoms with Crippen LogP contribution in [0, 0.1) is 12.8 Å². The van der Waals surface area contributed by atoms with Gasteiger partial charge in [-0.3, -0.25) is 9.59 Å². The van der Waals surface area contributed by atoms with E-state index in [1.54, 1.807) is 19.1 Å². The summed E-state index contributed by atoms with van der Waals surface area (Å²) in [6.07, 6.45) is -0.0112. The van der Waals surface area contributed by atoms with Gasteiger partial charge < -0.3 is 10.2 Å². The topological polar surface area (TPSA) is 121 Å². The number of carboxylic acids is 2. The van der Waals surface area contributed by atoms with Crippen molar-refractivity contribution in [2.24, 2.45) is 5.92 Å². The number of hydrogen-bond donors (Lipinski definition) is 3. The first-order chi connectivity index (χ1) is 9.69. The third kappa shape index (κ3) is 4.27. The molecule has 0 amide bonds. The summed E-state index contributed by atoms with van der Waals surface area (Å²) in [5.41, 5.74) is 0.848. The van der Waals surface area contributed by atoms with Gasteiger partial charge >= 0.3 is 11.9 Å². The number of hydrogen-bond acceptors (Lipinski definition) is 4. The molecule has 1 rings (SSSR count). The van der Waals surface area contributed by atoms with Crippen LogP contribution in [0.5, 0.6) is 0 Å². The number of sulfonamides is 1. The molecule has 3 N–H and O–H groups in total. The van der Waals surface area contributed by atoms with Gasteiger partial charge in [0.05, 0.1) is 10.8 Å².